The number of nitrogens with zero attached hydrogens (tertiary/aromatic N) is 2. The van der Waals surface area contributed by atoms with E-state index in [1.807, 2.05) is 47.4 Å². The molecule has 2 bridgehead atoms. The van der Waals surface area contributed by atoms with Crippen LogP contribution in [-0.4, -0.2) is 56.9 Å². The van der Waals surface area contributed by atoms with Gasteiger partial charge in [-0.05, 0) is 29.8 Å². The Hall–Kier alpha value is -2.57. The van der Waals surface area contributed by atoms with Crippen molar-refractivity contribution in [2.75, 3.05) is 38.8 Å². The van der Waals surface area contributed by atoms with E-state index >= 15 is 0 Å². The minimum Gasteiger partial charge on any atom is -0.497 e. The van der Waals surface area contributed by atoms with Crippen molar-refractivity contribution in [2.45, 2.75) is 25.1 Å². The Balaban J connectivity index is 1.62. The molecule has 1 amide bonds. The highest BCUT2D eigenvalue weighted by Crippen LogP contribution is 2.36. The SMILES string of the molecule is COCCN1C(=O)C2CC(CN2Cc2cccc(OC)c2)Oc2ccccc21. The van der Waals surface area contributed by atoms with Crippen molar-refractivity contribution < 1.29 is 19.0 Å². The van der Waals surface area contributed by atoms with E-state index in [1.165, 1.54) is 0 Å². The van der Waals surface area contributed by atoms with E-state index in [2.05, 4.69) is 11.0 Å². The highest BCUT2D eigenvalue weighted by molar-refractivity contribution is 5.99. The maximum absolute atomic E-state index is 13.5. The third-order valence-corrected chi connectivity index (χ3v) is 5.40. The molecule has 0 aromatic heterocycles. The Morgan fingerprint density at radius 1 is 1.14 bits per heavy atom. The van der Waals surface area contributed by atoms with E-state index in [9.17, 15) is 4.79 Å². The number of ether oxygens (including phenoxy) is 3. The van der Waals surface area contributed by atoms with E-state index in [-0.39, 0.29) is 18.1 Å². The molecule has 2 aromatic rings. The number of para-hydroxylation sites is 2. The Kier molecular flexibility index (Phi) is 5.50. The number of rotatable bonds is 6. The molecule has 2 aromatic carbocycles. The molecule has 0 N–H and O–H groups in total. The molecule has 0 saturated carbocycles. The maximum Gasteiger partial charge on any atom is 0.244 e. The predicted octanol–water partition coefficient (Wildman–Crippen LogP) is 2.71. The van der Waals surface area contributed by atoms with Crippen molar-refractivity contribution in [1.82, 2.24) is 4.90 Å². The molecule has 0 aliphatic carbocycles. The number of hydrogen-bond acceptors (Lipinski definition) is 5. The van der Waals surface area contributed by atoms with Gasteiger partial charge in [0.2, 0.25) is 5.91 Å². The molecular formula is C22H26N2O4. The molecule has 2 aliphatic heterocycles. The lowest BCUT2D eigenvalue weighted by molar-refractivity contribution is -0.123. The summed E-state index contributed by atoms with van der Waals surface area (Å²) in [4.78, 5) is 17.5. The molecule has 2 heterocycles. The van der Waals surface area contributed by atoms with Crippen molar-refractivity contribution in [1.29, 1.82) is 0 Å². The summed E-state index contributed by atoms with van der Waals surface area (Å²) in [6.45, 7) is 2.39. The van der Waals surface area contributed by atoms with Gasteiger partial charge in [-0.3, -0.25) is 9.69 Å². The van der Waals surface area contributed by atoms with Gasteiger partial charge in [0, 0.05) is 33.2 Å². The molecule has 6 heteroatoms. The molecular weight excluding hydrogens is 356 g/mol. The second kappa shape index (κ2) is 8.20. The first kappa shape index (κ1) is 18.8. The summed E-state index contributed by atoms with van der Waals surface area (Å²) >= 11 is 0. The summed E-state index contributed by atoms with van der Waals surface area (Å²) in [5, 5.41) is 0. The summed E-state index contributed by atoms with van der Waals surface area (Å²) in [7, 11) is 3.32. The van der Waals surface area contributed by atoms with Gasteiger partial charge in [0.25, 0.3) is 0 Å². The molecule has 2 atom stereocenters. The number of amides is 1. The molecule has 6 nitrogen and oxygen atoms in total. The van der Waals surface area contributed by atoms with Crippen LogP contribution in [0.5, 0.6) is 11.5 Å². The molecule has 1 saturated heterocycles. The Morgan fingerprint density at radius 3 is 2.82 bits per heavy atom. The lowest BCUT2D eigenvalue weighted by Gasteiger charge is -2.31. The number of anilines is 1. The normalized spacial score (nSPS) is 21.6. The number of carbonyl (C=O) groups excluding carboxylic acids is 1. The van der Waals surface area contributed by atoms with Gasteiger partial charge < -0.3 is 19.1 Å². The zero-order chi connectivity index (χ0) is 19.5. The van der Waals surface area contributed by atoms with E-state index < -0.39 is 0 Å². The standard InChI is InChI=1S/C22H26N2O4/c1-26-11-10-24-19-8-3-4-9-21(19)28-18-13-20(22(24)25)23(15-18)14-16-6-5-7-17(12-16)27-2/h3-9,12,18,20H,10-11,13-15H2,1-2H3. The summed E-state index contributed by atoms with van der Waals surface area (Å²) in [6.07, 6.45) is 0.700. The molecule has 2 unspecified atom stereocenters. The van der Waals surface area contributed by atoms with Gasteiger partial charge in [0.15, 0.2) is 0 Å². The number of methoxy groups -OCH3 is 2. The van der Waals surface area contributed by atoms with Crippen molar-refractivity contribution in [3.8, 4) is 11.5 Å². The zero-order valence-corrected chi connectivity index (χ0v) is 16.3. The van der Waals surface area contributed by atoms with Gasteiger partial charge in [-0.15, -0.1) is 0 Å². The molecule has 148 valence electrons. The van der Waals surface area contributed by atoms with Gasteiger partial charge in [-0.1, -0.05) is 24.3 Å². The molecule has 2 aliphatic rings. The third kappa shape index (κ3) is 3.70. The van der Waals surface area contributed by atoms with E-state index in [1.54, 1.807) is 14.2 Å². The second-order valence-electron chi connectivity index (χ2n) is 7.22. The van der Waals surface area contributed by atoms with Crippen LogP contribution in [0.2, 0.25) is 0 Å². The number of fused-ring (bicyclic) bond motifs is 3. The molecule has 0 radical (unpaired) electrons. The van der Waals surface area contributed by atoms with Gasteiger partial charge in [-0.2, -0.15) is 0 Å². The van der Waals surface area contributed by atoms with Gasteiger partial charge >= 0.3 is 0 Å². The predicted molar refractivity (Wildman–Crippen MR) is 107 cm³/mol. The van der Waals surface area contributed by atoms with E-state index in [4.69, 9.17) is 14.2 Å². The smallest absolute Gasteiger partial charge is 0.244 e. The largest absolute Gasteiger partial charge is 0.497 e. The summed E-state index contributed by atoms with van der Waals surface area (Å²) < 4.78 is 16.9. The van der Waals surface area contributed by atoms with Crippen LogP contribution in [0.15, 0.2) is 48.5 Å². The Bertz CT molecular complexity index is 841. The topological polar surface area (TPSA) is 51.2 Å². The van der Waals surface area contributed by atoms with Crippen LogP contribution in [-0.2, 0) is 16.1 Å². The summed E-state index contributed by atoms with van der Waals surface area (Å²) in [5.41, 5.74) is 1.94. The molecule has 1 fully saturated rings. The fourth-order valence-electron chi connectivity index (χ4n) is 4.06. The summed E-state index contributed by atoms with van der Waals surface area (Å²) in [6, 6.07) is 15.6. The first-order valence-corrected chi connectivity index (χ1v) is 9.62. The van der Waals surface area contributed by atoms with E-state index in [0.29, 0.717) is 26.1 Å². The fraction of sp³-hybridized carbons (Fsp3) is 0.409. The van der Waals surface area contributed by atoms with Crippen LogP contribution in [0, 0.1) is 0 Å². The Morgan fingerprint density at radius 2 is 2.00 bits per heavy atom. The lowest BCUT2D eigenvalue weighted by atomic mass is 10.1. The van der Waals surface area contributed by atoms with Gasteiger partial charge in [-0.25, -0.2) is 0 Å². The first-order chi connectivity index (χ1) is 13.7. The van der Waals surface area contributed by atoms with E-state index in [0.717, 1.165) is 29.3 Å². The van der Waals surface area contributed by atoms with Crippen molar-refractivity contribution in [3.63, 3.8) is 0 Å². The molecule has 28 heavy (non-hydrogen) atoms. The lowest BCUT2D eigenvalue weighted by Crippen LogP contribution is -2.47. The van der Waals surface area contributed by atoms with Crippen molar-refractivity contribution in [3.05, 3.63) is 54.1 Å². The highest BCUT2D eigenvalue weighted by atomic mass is 16.5. The van der Waals surface area contributed by atoms with Crippen LogP contribution < -0.4 is 14.4 Å². The molecule has 0 spiro atoms. The minimum absolute atomic E-state index is 0.00489. The van der Waals surface area contributed by atoms with Crippen LogP contribution in [0.25, 0.3) is 0 Å². The van der Waals surface area contributed by atoms with Crippen molar-refractivity contribution >= 4 is 11.6 Å². The average Bonchev–Trinajstić information content (AvgIpc) is 3.11. The monoisotopic (exact) mass is 382 g/mol. The van der Waals surface area contributed by atoms with Gasteiger partial charge in [0.1, 0.15) is 17.6 Å². The first-order valence-electron chi connectivity index (χ1n) is 9.62. The zero-order valence-electron chi connectivity index (χ0n) is 16.3. The maximum atomic E-state index is 13.5. The van der Waals surface area contributed by atoms with Crippen molar-refractivity contribution in [2.24, 2.45) is 0 Å². The fourth-order valence-corrected chi connectivity index (χ4v) is 4.06. The van der Waals surface area contributed by atoms with Crippen LogP contribution >= 0.6 is 0 Å². The average molecular weight is 382 g/mol. The number of hydrogen-bond donors (Lipinski definition) is 0. The van der Waals surface area contributed by atoms with Gasteiger partial charge in [0.05, 0.1) is 25.4 Å². The quantitative estimate of drug-likeness (QED) is 0.769. The van der Waals surface area contributed by atoms with Crippen LogP contribution in [0.1, 0.15) is 12.0 Å². The number of carbonyl (C=O) groups is 1. The number of likely N-dealkylation sites (tertiary alicyclic amines) is 1. The second-order valence-corrected chi connectivity index (χ2v) is 7.22. The number of benzene rings is 2. The Labute approximate surface area is 165 Å². The summed E-state index contributed by atoms with van der Waals surface area (Å²) in [5.74, 6) is 1.70. The molecule has 4 rings (SSSR count). The van der Waals surface area contributed by atoms with Crippen LogP contribution in [0.3, 0.4) is 0 Å². The highest BCUT2D eigenvalue weighted by Gasteiger charge is 2.42. The third-order valence-electron chi connectivity index (χ3n) is 5.40. The van der Waals surface area contributed by atoms with Crippen LogP contribution in [0.4, 0.5) is 5.69 Å². The minimum atomic E-state index is -0.207.